The van der Waals surface area contributed by atoms with E-state index in [-0.39, 0.29) is 0 Å². The van der Waals surface area contributed by atoms with Gasteiger partial charge in [0.1, 0.15) is 5.76 Å². The average Bonchev–Trinajstić information content (AvgIpc) is 1.68. The first kappa shape index (κ1) is 7.28. The Bertz CT molecular complexity index is 101. The molecule has 46 valence electrons. The second-order valence-corrected chi connectivity index (χ2v) is 1.54. The highest BCUT2D eigenvalue weighted by molar-refractivity contribution is 5.08. The van der Waals surface area contributed by atoms with Crippen molar-refractivity contribution in [2.24, 2.45) is 0 Å². The van der Waals surface area contributed by atoms with Crippen LogP contribution in [0, 0.1) is 0 Å². The van der Waals surface area contributed by atoms with Gasteiger partial charge in [-0.2, -0.15) is 0 Å². The molecule has 0 unspecified atom stereocenters. The fraction of sp³-hybridized carbons (Fsp3) is 0.429. The quantitative estimate of drug-likeness (QED) is 0.429. The minimum Gasteiger partial charge on any atom is -0.508 e. The van der Waals surface area contributed by atoms with Crippen LogP contribution in [0.5, 0.6) is 0 Å². The molecule has 0 amide bonds. The molecule has 1 N–H and O–H groups in total. The molecule has 0 aromatic carbocycles. The van der Waals surface area contributed by atoms with Gasteiger partial charge in [0.05, 0.1) is 0 Å². The number of rotatable bonds is 2. The summed E-state index contributed by atoms with van der Waals surface area (Å²) in [6.07, 6.45) is 6.13. The van der Waals surface area contributed by atoms with Crippen LogP contribution in [0.15, 0.2) is 24.0 Å². The molecular weight excluding hydrogens is 100 g/mol. The molecule has 0 aliphatic heterocycles. The van der Waals surface area contributed by atoms with E-state index in [1.54, 1.807) is 12.2 Å². The van der Waals surface area contributed by atoms with Crippen molar-refractivity contribution in [3.05, 3.63) is 24.0 Å². The molecule has 0 aromatic rings. The van der Waals surface area contributed by atoms with Crippen molar-refractivity contribution in [2.45, 2.75) is 20.3 Å². The fourth-order valence-corrected chi connectivity index (χ4v) is 0.448. The minimum absolute atomic E-state index is 0.356. The molecule has 0 rings (SSSR count). The zero-order valence-corrected chi connectivity index (χ0v) is 5.39. The number of hydrogen-bond acceptors (Lipinski definition) is 1. The molecule has 0 atom stereocenters. The lowest BCUT2D eigenvalue weighted by molar-refractivity contribution is 0.430. The molecule has 0 heterocycles. The van der Waals surface area contributed by atoms with E-state index in [2.05, 4.69) is 0 Å². The van der Waals surface area contributed by atoms with Crippen LogP contribution < -0.4 is 0 Å². The SMILES string of the molecule is CC=CC(O)=CCC. The summed E-state index contributed by atoms with van der Waals surface area (Å²) in [5.41, 5.74) is 0. The summed E-state index contributed by atoms with van der Waals surface area (Å²) in [6, 6.07) is 0. The molecule has 0 aliphatic carbocycles. The maximum Gasteiger partial charge on any atom is 0.111 e. The van der Waals surface area contributed by atoms with E-state index < -0.39 is 0 Å². The van der Waals surface area contributed by atoms with Gasteiger partial charge >= 0.3 is 0 Å². The zero-order chi connectivity index (χ0) is 6.41. The van der Waals surface area contributed by atoms with Gasteiger partial charge in [0.2, 0.25) is 0 Å². The minimum atomic E-state index is 0.356. The Morgan fingerprint density at radius 2 is 2.25 bits per heavy atom. The van der Waals surface area contributed by atoms with Crippen LogP contribution in [0.1, 0.15) is 20.3 Å². The number of aliphatic hydroxyl groups is 1. The zero-order valence-electron chi connectivity index (χ0n) is 5.39. The van der Waals surface area contributed by atoms with Crippen molar-refractivity contribution in [3.63, 3.8) is 0 Å². The highest BCUT2D eigenvalue weighted by atomic mass is 16.3. The topological polar surface area (TPSA) is 20.2 Å². The van der Waals surface area contributed by atoms with Crippen LogP contribution in [0.4, 0.5) is 0 Å². The number of hydrogen-bond donors (Lipinski definition) is 1. The van der Waals surface area contributed by atoms with E-state index in [1.807, 2.05) is 19.9 Å². The first-order valence-corrected chi connectivity index (χ1v) is 2.83. The molecule has 1 heteroatoms. The standard InChI is InChI=1S/C7H12O/c1-3-5-7(8)6-4-2/h3,5-6,8H,4H2,1-2H3. The largest absolute Gasteiger partial charge is 0.508 e. The van der Waals surface area contributed by atoms with Gasteiger partial charge < -0.3 is 5.11 Å². The molecule has 8 heavy (non-hydrogen) atoms. The van der Waals surface area contributed by atoms with Gasteiger partial charge in [0, 0.05) is 0 Å². The van der Waals surface area contributed by atoms with Crippen LogP contribution in [0.2, 0.25) is 0 Å². The maximum atomic E-state index is 8.82. The van der Waals surface area contributed by atoms with Crippen molar-refractivity contribution in [2.75, 3.05) is 0 Å². The van der Waals surface area contributed by atoms with Crippen LogP contribution >= 0.6 is 0 Å². The molecule has 1 nitrogen and oxygen atoms in total. The molecule has 0 saturated heterocycles. The molecule has 0 aromatic heterocycles. The lowest BCUT2D eigenvalue weighted by Gasteiger charge is -1.84. The van der Waals surface area contributed by atoms with Gasteiger partial charge in [-0.1, -0.05) is 13.0 Å². The Hall–Kier alpha value is -0.720. The third-order valence-corrected chi connectivity index (χ3v) is 0.751. The van der Waals surface area contributed by atoms with E-state index in [0.717, 1.165) is 6.42 Å². The van der Waals surface area contributed by atoms with Crippen LogP contribution in [0.3, 0.4) is 0 Å². The van der Waals surface area contributed by atoms with E-state index in [9.17, 15) is 0 Å². The van der Waals surface area contributed by atoms with Crippen molar-refractivity contribution in [3.8, 4) is 0 Å². The second kappa shape index (κ2) is 4.44. The Labute approximate surface area is 50.3 Å². The Morgan fingerprint density at radius 1 is 1.62 bits per heavy atom. The highest BCUT2D eigenvalue weighted by Gasteiger charge is 1.77. The molecular formula is C7H12O. The van der Waals surface area contributed by atoms with E-state index in [0.29, 0.717) is 5.76 Å². The normalized spacial score (nSPS) is 13.0. The molecule has 0 spiro atoms. The number of allylic oxidation sites excluding steroid dienone is 3. The van der Waals surface area contributed by atoms with E-state index in [4.69, 9.17) is 5.11 Å². The smallest absolute Gasteiger partial charge is 0.111 e. The second-order valence-electron chi connectivity index (χ2n) is 1.54. The molecule has 0 radical (unpaired) electrons. The Balaban J connectivity index is 3.61. The van der Waals surface area contributed by atoms with Crippen LogP contribution in [-0.4, -0.2) is 5.11 Å². The first-order valence-electron chi connectivity index (χ1n) is 2.83. The molecule has 0 bridgehead atoms. The summed E-state index contributed by atoms with van der Waals surface area (Å²) in [7, 11) is 0. The van der Waals surface area contributed by atoms with Crippen molar-refractivity contribution >= 4 is 0 Å². The van der Waals surface area contributed by atoms with Crippen molar-refractivity contribution < 1.29 is 5.11 Å². The lowest BCUT2D eigenvalue weighted by atomic mass is 10.3. The van der Waals surface area contributed by atoms with Gasteiger partial charge in [0.25, 0.3) is 0 Å². The van der Waals surface area contributed by atoms with E-state index >= 15 is 0 Å². The van der Waals surface area contributed by atoms with Crippen molar-refractivity contribution in [1.82, 2.24) is 0 Å². The molecule has 0 aliphatic rings. The van der Waals surface area contributed by atoms with Gasteiger partial charge in [-0.15, -0.1) is 0 Å². The Morgan fingerprint density at radius 3 is 2.62 bits per heavy atom. The fourth-order valence-electron chi connectivity index (χ4n) is 0.448. The first-order chi connectivity index (χ1) is 3.81. The Kier molecular flexibility index (Phi) is 4.04. The maximum absolute atomic E-state index is 8.82. The summed E-state index contributed by atoms with van der Waals surface area (Å²) in [5, 5.41) is 8.82. The molecule has 0 saturated carbocycles. The number of aliphatic hydroxyl groups excluding tert-OH is 1. The summed E-state index contributed by atoms with van der Waals surface area (Å²) in [4.78, 5) is 0. The van der Waals surface area contributed by atoms with Gasteiger partial charge in [0.15, 0.2) is 0 Å². The van der Waals surface area contributed by atoms with Gasteiger partial charge in [-0.05, 0) is 25.5 Å². The van der Waals surface area contributed by atoms with Crippen molar-refractivity contribution in [1.29, 1.82) is 0 Å². The van der Waals surface area contributed by atoms with Crippen LogP contribution in [-0.2, 0) is 0 Å². The monoisotopic (exact) mass is 112 g/mol. The van der Waals surface area contributed by atoms with Gasteiger partial charge in [-0.25, -0.2) is 0 Å². The predicted molar refractivity (Wildman–Crippen MR) is 35.8 cm³/mol. The summed E-state index contributed by atoms with van der Waals surface area (Å²) in [5.74, 6) is 0.356. The van der Waals surface area contributed by atoms with Crippen LogP contribution in [0.25, 0.3) is 0 Å². The third kappa shape index (κ3) is 3.47. The lowest BCUT2D eigenvalue weighted by Crippen LogP contribution is -1.70. The third-order valence-electron chi connectivity index (χ3n) is 0.751. The summed E-state index contributed by atoms with van der Waals surface area (Å²) >= 11 is 0. The van der Waals surface area contributed by atoms with E-state index in [1.165, 1.54) is 0 Å². The highest BCUT2D eigenvalue weighted by Crippen LogP contribution is 1.91. The summed E-state index contributed by atoms with van der Waals surface area (Å²) < 4.78 is 0. The predicted octanol–water partition coefficient (Wildman–Crippen LogP) is 2.41. The summed E-state index contributed by atoms with van der Waals surface area (Å²) in [6.45, 7) is 3.86. The molecule has 0 fully saturated rings. The van der Waals surface area contributed by atoms with Gasteiger partial charge in [-0.3, -0.25) is 0 Å². The average molecular weight is 112 g/mol.